The van der Waals surface area contributed by atoms with E-state index >= 15 is 0 Å². The number of halogens is 1. The molecule has 0 atom stereocenters. The fourth-order valence-electron chi connectivity index (χ4n) is 3.29. The number of hydrogen-bond acceptors (Lipinski definition) is 4. The zero-order chi connectivity index (χ0) is 21.8. The third-order valence-corrected chi connectivity index (χ3v) is 5.11. The van der Waals surface area contributed by atoms with Gasteiger partial charge in [0.05, 0.1) is 0 Å². The molecule has 0 unspecified atom stereocenters. The number of aliphatic hydroxyl groups excluding tert-OH is 1. The van der Waals surface area contributed by atoms with Gasteiger partial charge in [0.25, 0.3) is 5.56 Å². The first-order valence-electron chi connectivity index (χ1n) is 9.65. The number of amides is 1. The standard InChI is InChI=1S/C23H24FN3O3/c1-14-5-4-6-20(15(14)2)26-21(29)13-27-22(17-7-9-18(24)10-8-17)25-16(3)19(11-12-28)23(27)30/h4-10,28H,11-13H2,1-3H3,(H,26,29). The van der Waals surface area contributed by atoms with Gasteiger partial charge in [-0.05, 0) is 62.2 Å². The van der Waals surface area contributed by atoms with Gasteiger partial charge in [-0.15, -0.1) is 0 Å². The van der Waals surface area contributed by atoms with E-state index in [1.807, 2.05) is 26.0 Å². The minimum absolute atomic E-state index is 0.139. The van der Waals surface area contributed by atoms with Crippen LogP contribution in [0.1, 0.15) is 22.4 Å². The molecule has 0 aliphatic rings. The summed E-state index contributed by atoms with van der Waals surface area (Å²) in [6, 6.07) is 11.2. The van der Waals surface area contributed by atoms with Crippen LogP contribution in [-0.2, 0) is 17.8 Å². The summed E-state index contributed by atoms with van der Waals surface area (Å²) < 4.78 is 14.6. The first-order valence-corrected chi connectivity index (χ1v) is 9.65. The van der Waals surface area contributed by atoms with Gasteiger partial charge >= 0.3 is 0 Å². The van der Waals surface area contributed by atoms with Crippen LogP contribution in [0, 0.1) is 26.6 Å². The van der Waals surface area contributed by atoms with E-state index in [-0.39, 0.29) is 31.3 Å². The van der Waals surface area contributed by atoms with E-state index in [0.29, 0.717) is 22.5 Å². The van der Waals surface area contributed by atoms with Gasteiger partial charge in [-0.25, -0.2) is 9.37 Å². The number of carbonyl (C=O) groups is 1. The largest absolute Gasteiger partial charge is 0.396 e. The van der Waals surface area contributed by atoms with Gasteiger partial charge in [0.2, 0.25) is 5.91 Å². The van der Waals surface area contributed by atoms with E-state index in [2.05, 4.69) is 10.3 Å². The quantitative estimate of drug-likeness (QED) is 0.655. The summed E-state index contributed by atoms with van der Waals surface area (Å²) in [5.41, 5.74) is 3.60. The highest BCUT2D eigenvalue weighted by molar-refractivity contribution is 5.91. The number of aliphatic hydroxyl groups is 1. The average Bonchev–Trinajstić information content (AvgIpc) is 2.71. The predicted octanol–water partition coefficient (Wildman–Crippen LogP) is 3.15. The van der Waals surface area contributed by atoms with Crippen molar-refractivity contribution in [2.75, 3.05) is 11.9 Å². The second-order valence-electron chi connectivity index (χ2n) is 7.17. The maximum atomic E-state index is 13.4. The van der Waals surface area contributed by atoms with Crippen LogP contribution in [0.5, 0.6) is 0 Å². The van der Waals surface area contributed by atoms with Crippen molar-refractivity contribution < 1.29 is 14.3 Å². The third-order valence-electron chi connectivity index (χ3n) is 5.11. The molecule has 0 aliphatic heterocycles. The Morgan fingerprint density at radius 2 is 1.83 bits per heavy atom. The number of rotatable bonds is 6. The molecule has 0 fully saturated rings. The molecule has 0 saturated heterocycles. The number of hydrogen-bond donors (Lipinski definition) is 2. The van der Waals surface area contributed by atoms with E-state index in [1.54, 1.807) is 13.0 Å². The van der Waals surface area contributed by atoms with Crippen LogP contribution in [-0.4, -0.2) is 27.2 Å². The van der Waals surface area contributed by atoms with E-state index in [0.717, 1.165) is 11.1 Å². The molecule has 0 radical (unpaired) electrons. The molecule has 0 saturated carbocycles. The molecule has 0 aliphatic carbocycles. The highest BCUT2D eigenvalue weighted by atomic mass is 19.1. The second kappa shape index (κ2) is 9.00. The fraction of sp³-hybridized carbons (Fsp3) is 0.261. The summed E-state index contributed by atoms with van der Waals surface area (Å²) in [6.07, 6.45) is 0.139. The first kappa shape index (κ1) is 21.4. The summed E-state index contributed by atoms with van der Waals surface area (Å²) in [6.45, 7) is 5.08. The van der Waals surface area contributed by atoms with Crippen molar-refractivity contribution in [2.24, 2.45) is 0 Å². The minimum Gasteiger partial charge on any atom is -0.396 e. The van der Waals surface area contributed by atoms with Crippen molar-refractivity contribution >= 4 is 11.6 Å². The molecule has 0 spiro atoms. The summed E-state index contributed by atoms with van der Waals surface area (Å²) in [7, 11) is 0. The van der Waals surface area contributed by atoms with Gasteiger partial charge in [0, 0.05) is 35.5 Å². The van der Waals surface area contributed by atoms with E-state index < -0.39 is 11.4 Å². The minimum atomic E-state index is -0.408. The molecule has 1 amide bonds. The molecule has 2 aromatic carbocycles. The molecule has 2 N–H and O–H groups in total. The van der Waals surface area contributed by atoms with Gasteiger partial charge in [-0.3, -0.25) is 14.2 Å². The molecule has 3 rings (SSSR count). The fourth-order valence-corrected chi connectivity index (χ4v) is 3.29. The summed E-state index contributed by atoms with van der Waals surface area (Å²) in [5, 5.41) is 12.2. The zero-order valence-corrected chi connectivity index (χ0v) is 17.2. The molecule has 1 heterocycles. The number of anilines is 1. The Morgan fingerprint density at radius 1 is 1.13 bits per heavy atom. The Morgan fingerprint density at radius 3 is 2.50 bits per heavy atom. The van der Waals surface area contributed by atoms with Crippen molar-refractivity contribution in [3.8, 4) is 11.4 Å². The van der Waals surface area contributed by atoms with Gasteiger partial charge < -0.3 is 10.4 Å². The van der Waals surface area contributed by atoms with Crippen LogP contribution in [0.3, 0.4) is 0 Å². The van der Waals surface area contributed by atoms with Crippen LogP contribution < -0.4 is 10.9 Å². The van der Waals surface area contributed by atoms with Gasteiger partial charge in [-0.1, -0.05) is 12.1 Å². The van der Waals surface area contributed by atoms with Crippen LogP contribution >= 0.6 is 0 Å². The lowest BCUT2D eigenvalue weighted by molar-refractivity contribution is -0.116. The Labute approximate surface area is 174 Å². The van der Waals surface area contributed by atoms with Gasteiger partial charge in [0.1, 0.15) is 18.2 Å². The number of benzene rings is 2. The highest BCUT2D eigenvalue weighted by Crippen LogP contribution is 2.20. The molecule has 7 heteroatoms. The van der Waals surface area contributed by atoms with Crippen LogP contribution in [0.2, 0.25) is 0 Å². The average molecular weight is 409 g/mol. The number of nitrogens with zero attached hydrogens (tertiary/aromatic N) is 2. The monoisotopic (exact) mass is 409 g/mol. The number of aryl methyl sites for hydroxylation is 2. The van der Waals surface area contributed by atoms with E-state index in [9.17, 15) is 19.1 Å². The number of aromatic nitrogens is 2. The number of carbonyl (C=O) groups excluding carboxylic acids is 1. The molecule has 0 bridgehead atoms. The van der Waals surface area contributed by atoms with Crippen molar-refractivity contribution in [1.82, 2.24) is 9.55 Å². The van der Waals surface area contributed by atoms with Crippen LogP contribution in [0.25, 0.3) is 11.4 Å². The first-order chi connectivity index (χ1) is 14.3. The topological polar surface area (TPSA) is 84.2 Å². The maximum absolute atomic E-state index is 13.4. The van der Waals surface area contributed by atoms with Crippen molar-refractivity contribution in [2.45, 2.75) is 33.7 Å². The predicted molar refractivity (Wildman–Crippen MR) is 114 cm³/mol. The molecule has 3 aromatic rings. The van der Waals surface area contributed by atoms with E-state index in [1.165, 1.54) is 28.8 Å². The molecule has 1 aromatic heterocycles. The third kappa shape index (κ3) is 4.46. The van der Waals surface area contributed by atoms with E-state index in [4.69, 9.17) is 0 Å². The normalized spacial score (nSPS) is 10.8. The highest BCUT2D eigenvalue weighted by Gasteiger charge is 2.18. The Hall–Kier alpha value is -3.32. The Bertz CT molecular complexity index is 1140. The molecule has 6 nitrogen and oxygen atoms in total. The number of nitrogens with one attached hydrogen (secondary N) is 1. The maximum Gasteiger partial charge on any atom is 0.257 e. The SMILES string of the molecule is Cc1cccc(NC(=O)Cn2c(-c3ccc(F)cc3)nc(C)c(CCO)c2=O)c1C. The summed E-state index contributed by atoms with van der Waals surface area (Å²) >= 11 is 0. The summed E-state index contributed by atoms with van der Waals surface area (Å²) in [5.74, 6) is -0.515. The van der Waals surface area contributed by atoms with Crippen molar-refractivity contribution in [1.29, 1.82) is 0 Å². The van der Waals surface area contributed by atoms with Crippen molar-refractivity contribution in [3.63, 3.8) is 0 Å². The van der Waals surface area contributed by atoms with Gasteiger partial charge in [-0.2, -0.15) is 0 Å². The van der Waals surface area contributed by atoms with Gasteiger partial charge in [0.15, 0.2) is 0 Å². The lowest BCUT2D eigenvalue weighted by atomic mass is 10.1. The van der Waals surface area contributed by atoms with Crippen molar-refractivity contribution in [3.05, 3.63) is 81.0 Å². The Kier molecular flexibility index (Phi) is 6.42. The molecular weight excluding hydrogens is 385 g/mol. The van der Waals surface area contributed by atoms with Crippen LogP contribution in [0.4, 0.5) is 10.1 Å². The lowest BCUT2D eigenvalue weighted by Crippen LogP contribution is -2.33. The second-order valence-corrected chi connectivity index (χ2v) is 7.17. The lowest BCUT2D eigenvalue weighted by Gasteiger charge is -2.16. The Balaban J connectivity index is 2.03. The smallest absolute Gasteiger partial charge is 0.257 e. The molecule has 156 valence electrons. The zero-order valence-electron chi connectivity index (χ0n) is 17.2. The molecule has 30 heavy (non-hydrogen) atoms. The molecular formula is C23H24FN3O3. The van der Waals surface area contributed by atoms with Crippen LogP contribution in [0.15, 0.2) is 47.3 Å². The summed E-state index contributed by atoms with van der Waals surface area (Å²) in [4.78, 5) is 30.4.